The number of rotatable bonds is 2. The quantitative estimate of drug-likeness (QED) is 0.475. The van der Waals surface area contributed by atoms with E-state index in [2.05, 4.69) is 24.7 Å². The summed E-state index contributed by atoms with van der Waals surface area (Å²) in [6.07, 6.45) is 16.9. The number of nitrogens with zero attached hydrogens (tertiary/aromatic N) is 1. The number of fused-ring (bicyclic) bond motifs is 5. The van der Waals surface area contributed by atoms with E-state index in [1.807, 2.05) is 0 Å². The van der Waals surface area contributed by atoms with Gasteiger partial charge in [-0.25, -0.2) is 0 Å². The van der Waals surface area contributed by atoms with Crippen LogP contribution in [0.2, 0.25) is 0 Å². The molecular weight excluding hydrogens is 254 g/mol. The summed E-state index contributed by atoms with van der Waals surface area (Å²) in [5.74, 6) is 2.92. The van der Waals surface area contributed by atoms with Crippen molar-refractivity contribution in [3.63, 3.8) is 0 Å². The Balaban J connectivity index is 1.71. The van der Waals surface area contributed by atoms with Crippen LogP contribution in [0.25, 0.3) is 0 Å². The molecule has 4 rings (SSSR count). The van der Waals surface area contributed by atoms with Gasteiger partial charge in [0.1, 0.15) is 0 Å². The van der Waals surface area contributed by atoms with E-state index in [0.29, 0.717) is 10.8 Å². The van der Waals surface area contributed by atoms with E-state index in [1.165, 1.54) is 64.2 Å². The second-order valence-electron chi connectivity index (χ2n) is 8.66. The maximum absolute atomic E-state index is 4.44. The van der Waals surface area contributed by atoms with Crippen LogP contribution in [0.3, 0.4) is 0 Å². The lowest BCUT2D eigenvalue weighted by molar-refractivity contribution is -0.0394. The molecule has 0 spiro atoms. The third kappa shape index (κ3) is 1.92. The molecule has 0 N–H and O–H groups in total. The molecule has 0 saturated heterocycles. The zero-order valence-electron chi connectivity index (χ0n) is 13.7. The summed E-state index contributed by atoms with van der Waals surface area (Å²) >= 11 is 0. The van der Waals surface area contributed by atoms with Gasteiger partial charge in [-0.3, -0.25) is 0 Å². The van der Waals surface area contributed by atoms with E-state index < -0.39 is 0 Å². The highest BCUT2D eigenvalue weighted by Gasteiger charge is 2.57. The predicted octanol–water partition coefficient (Wildman–Crippen LogP) is 5.41. The van der Waals surface area contributed by atoms with E-state index in [4.69, 9.17) is 0 Å². The molecule has 4 aliphatic carbocycles. The highest BCUT2D eigenvalue weighted by Crippen LogP contribution is 2.65. The molecule has 3 fully saturated rings. The zero-order valence-corrected chi connectivity index (χ0v) is 13.7. The van der Waals surface area contributed by atoms with Gasteiger partial charge in [-0.15, -0.1) is 0 Å². The second-order valence-corrected chi connectivity index (χ2v) is 8.66. The fraction of sp³-hybridized carbons (Fsp3) is 0.850. The first kappa shape index (κ1) is 14.0. The highest BCUT2D eigenvalue weighted by molar-refractivity contribution is 5.29. The van der Waals surface area contributed by atoms with Gasteiger partial charge in [0.15, 0.2) is 0 Å². The van der Waals surface area contributed by atoms with Crippen molar-refractivity contribution in [2.45, 2.75) is 71.1 Å². The van der Waals surface area contributed by atoms with Crippen molar-refractivity contribution in [3.05, 3.63) is 11.6 Å². The monoisotopic (exact) mass is 285 g/mol. The molecule has 0 aromatic rings. The lowest BCUT2D eigenvalue weighted by atomic mass is 9.47. The number of hydrogen-bond donors (Lipinski definition) is 0. The fourth-order valence-corrected chi connectivity index (χ4v) is 7.02. The molecule has 21 heavy (non-hydrogen) atoms. The maximum Gasteiger partial charge on any atom is 0.0478 e. The first-order valence-corrected chi connectivity index (χ1v) is 9.32. The Morgan fingerprint density at radius 2 is 2.05 bits per heavy atom. The van der Waals surface area contributed by atoms with Crippen molar-refractivity contribution >= 4 is 6.72 Å². The molecule has 0 aliphatic heterocycles. The van der Waals surface area contributed by atoms with Crippen LogP contribution in [-0.4, -0.2) is 13.3 Å². The average Bonchev–Trinajstić information content (AvgIpc) is 2.89. The maximum atomic E-state index is 4.44. The Hall–Kier alpha value is -0.590. The molecule has 1 heteroatoms. The zero-order chi connectivity index (χ0) is 14.5. The van der Waals surface area contributed by atoms with Gasteiger partial charge in [-0.1, -0.05) is 25.0 Å². The van der Waals surface area contributed by atoms with E-state index in [-0.39, 0.29) is 0 Å². The molecule has 3 saturated carbocycles. The largest absolute Gasteiger partial charge is 0.300 e. The van der Waals surface area contributed by atoms with Gasteiger partial charge in [-0.05, 0) is 87.7 Å². The van der Waals surface area contributed by atoms with Gasteiger partial charge in [0.2, 0.25) is 0 Å². The molecular formula is C20H31N. The minimum atomic E-state index is 0.423. The Morgan fingerprint density at radius 1 is 1.14 bits per heavy atom. The predicted molar refractivity (Wildman–Crippen MR) is 89.7 cm³/mol. The van der Waals surface area contributed by atoms with Gasteiger partial charge in [0.05, 0.1) is 0 Å². The number of hydrogen-bond acceptors (Lipinski definition) is 1. The molecule has 0 radical (unpaired) electrons. The van der Waals surface area contributed by atoms with Crippen LogP contribution in [0.1, 0.15) is 71.1 Å². The first-order valence-electron chi connectivity index (χ1n) is 9.32. The molecule has 116 valence electrons. The van der Waals surface area contributed by atoms with Crippen LogP contribution in [-0.2, 0) is 0 Å². The molecule has 1 nitrogen and oxygen atoms in total. The van der Waals surface area contributed by atoms with Gasteiger partial charge < -0.3 is 4.99 Å². The Kier molecular flexibility index (Phi) is 3.32. The van der Waals surface area contributed by atoms with Crippen LogP contribution < -0.4 is 0 Å². The smallest absolute Gasteiger partial charge is 0.0478 e. The lowest BCUT2D eigenvalue weighted by Gasteiger charge is -2.58. The van der Waals surface area contributed by atoms with Crippen molar-refractivity contribution in [1.82, 2.24) is 0 Å². The summed E-state index contributed by atoms with van der Waals surface area (Å²) in [6.45, 7) is 7.49. The summed E-state index contributed by atoms with van der Waals surface area (Å²) in [5.41, 5.74) is 2.89. The van der Waals surface area contributed by atoms with E-state index in [1.54, 1.807) is 5.57 Å². The van der Waals surface area contributed by atoms with Crippen molar-refractivity contribution < 1.29 is 0 Å². The summed E-state index contributed by atoms with van der Waals surface area (Å²) in [6, 6.07) is 0. The molecule has 0 aromatic carbocycles. The van der Waals surface area contributed by atoms with Gasteiger partial charge >= 0.3 is 0 Å². The molecule has 0 amide bonds. The normalized spacial score (nSPS) is 48.8. The molecule has 0 heterocycles. The fourth-order valence-electron chi connectivity index (χ4n) is 7.02. The first-order chi connectivity index (χ1) is 10.2. The van der Waals surface area contributed by atoms with Crippen LogP contribution >= 0.6 is 0 Å². The molecule has 0 bridgehead atoms. The number of aliphatic imine (C=N–C) groups is 1. The SMILES string of the molecule is C=NC[C@]12CCCC=C1CC[C@H]1[C@@H]3CCC[C@@]3(C)CC[C@@H]12. The summed E-state index contributed by atoms with van der Waals surface area (Å²) in [7, 11) is 0. The molecule has 5 atom stereocenters. The highest BCUT2D eigenvalue weighted by atomic mass is 14.7. The third-order valence-corrected chi connectivity index (χ3v) is 7.93. The van der Waals surface area contributed by atoms with Crippen molar-refractivity contribution in [1.29, 1.82) is 0 Å². The van der Waals surface area contributed by atoms with Crippen molar-refractivity contribution in [2.24, 2.45) is 33.6 Å². The van der Waals surface area contributed by atoms with Crippen molar-refractivity contribution in [2.75, 3.05) is 6.54 Å². The van der Waals surface area contributed by atoms with E-state index >= 15 is 0 Å². The van der Waals surface area contributed by atoms with Crippen LogP contribution in [0.15, 0.2) is 16.6 Å². The Morgan fingerprint density at radius 3 is 2.90 bits per heavy atom. The molecule has 0 unspecified atom stereocenters. The average molecular weight is 285 g/mol. The minimum absolute atomic E-state index is 0.423. The van der Waals surface area contributed by atoms with Crippen LogP contribution in [0.4, 0.5) is 0 Å². The molecule has 4 aliphatic rings. The van der Waals surface area contributed by atoms with Crippen molar-refractivity contribution in [3.8, 4) is 0 Å². The standard InChI is InChI=1S/C20H31N/c1-19-11-5-7-17(19)16-9-8-15-6-3-4-12-20(15,14-21-2)18(16)10-13-19/h6,16-18H,2-5,7-14H2,1H3/t16-,17-,18-,19-,20+/m0/s1. The lowest BCUT2D eigenvalue weighted by Crippen LogP contribution is -2.51. The summed E-state index contributed by atoms with van der Waals surface area (Å²) in [4.78, 5) is 4.44. The molecule has 0 aromatic heterocycles. The van der Waals surface area contributed by atoms with E-state index in [9.17, 15) is 0 Å². The second kappa shape index (κ2) is 4.96. The van der Waals surface area contributed by atoms with Crippen LogP contribution in [0.5, 0.6) is 0 Å². The number of allylic oxidation sites excluding steroid dienone is 1. The topological polar surface area (TPSA) is 12.4 Å². The van der Waals surface area contributed by atoms with Gasteiger partial charge in [-0.2, -0.15) is 0 Å². The van der Waals surface area contributed by atoms with Crippen LogP contribution in [0, 0.1) is 28.6 Å². The summed E-state index contributed by atoms with van der Waals surface area (Å²) in [5, 5.41) is 0. The minimum Gasteiger partial charge on any atom is -0.300 e. The van der Waals surface area contributed by atoms with Gasteiger partial charge in [0, 0.05) is 12.0 Å². The van der Waals surface area contributed by atoms with E-state index in [0.717, 1.165) is 24.3 Å². The van der Waals surface area contributed by atoms with Gasteiger partial charge in [0.25, 0.3) is 0 Å². The third-order valence-electron chi connectivity index (χ3n) is 7.93. The Labute approximate surface area is 130 Å². The summed E-state index contributed by atoms with van der Waals surface area (Å²) < 4.78 is 0. The Bertz CT molecular complexity index is 464.